The lowest BCUT2D eigenvalue weighted by Gasteiger charge is -2.10. The van der Waals surface area contributed by atoms with Crippen molar-refractivity contribution in [3.8, 4) is 0 Å². The van der Waals surface area contributed by atoms with Crippen molar-refractivity contribution in [2.24, 2.45) is 5.92 Å². The third-order valence-electron chi connectivity index (χ3n) is 2.79. The third kappa shape index (κ3) is 10.0. The van der Waals surface area contributed by atoms with Crippen molar-refractivity contribution in [1.29, 1.82) is 0 Å². The number of rotatable bonds is 10. The van der Waals surface area contributed by atoms with Crippen LogP contribution in [0.2, 0.25) is 0 Å². The highest BCUT2D eigenvalue weighted by molar-refractivity contribution is 5.69. The van der Waals surface area contributed by atoms with E-state index in [4.69, 9.17) is 4.74 Å². The molecule has 0 N–H and O–H groups in total. The van der Waals surface area contributed by atoms with Crippen LogP contribution in [0.15, 0.2) is 0 Å². The summed E-state index contributed by atoms with van der Waals surface area (Å²) in [4.78, 5) is 11.4. The molecule has 0 aromatic rings. The largest absolute Gasteiger partial charge is 0.465 e. The van der Waals surface area contributed by atoms with Crippen molar-refractivity contribution in [1.82, 2.24) is 0 Å². The van der Waals surface area contributed by atoms with E-state index in [-0.39, 0.29) is 5.97 Å². The Bertz CT molecular complexity index is 166. The zero-order chi connectivity index (χ0) is 12.2. The Hall–Kier alpha value is -0.530. The fourth-order valence-electron chi connectivity index (χ4n) is 1.76. The van der Waals surface area contributed by atoms with Crippen molar-refractivity contribution < 1.29 is 9.53 Å². The van der Waals surface area contributed by atoms with Crippen LogP contribution < -0.4 is 0 Å². The molecule has 0 aromatic heterocycles. The summed E-state index contributed by atoms with van der Waals surface area (Å²) in [5.74, 6) is 0.494. The van der Waals surface area contributed by atoms with E-state index in [0.29, 0.717) is 18.9 Å². The summed E-state index contributed by atoms with van der Waals surface area (Å²) >= 11 is 0. The molecule has 1 atom stereocenters. The second-order valence-electron chi connectivity index (χ2n) is 4.74. The zero-order valence-corrected chi connectivity index (χ0v) is 11.3. The number of hydrogen-bond acceptors (Lipinski definition) is 2. The summed E-state index contributed by atoms with van der Waals surface area (Å²) in [6.07, 6.45) is 8.83. The van der Waals surface area contributed by atoms with E-state index < -0.39 is 0 Å². The summed E-state index contributed by atoms with van der Waals surface area (Å²) in [6, 6.07) is 0. The Kier molecular flexibility index (Phi) is 10.6. The minimum absolute atomic E-state index is 0.0144. The number of carbonyl (C=O) groups is 1. The van der Waals surface area contributed by atoms with Crippen molar-refractivity contribution in [3.63, 3.8) is 0 Å². The van der Waals surface area contributed by atoms with E-state index in [1.807, 2.05) is 0 Å². The normalized spacial score (nSPS) is 12.4. The zero-order valence-electron chi connectivity index (χ0n) is 11.3. The maximum Gasteiger partial charge on any atom is 0.305 e. The van der Waals surface area contributed by atoms with Gasteiger partial charge in [0.2, 0.25) is 0 Å². The summed E-state index contributed by atoms with van der Waals surface area (Å²) in [5.41, 5.74) is 0. The first kappa shape index (κ1) is 15.5. The average Bonchev–Trinajstić information content (AvgIpc) is 2.26. The maximum atomic E-state index is 11.4. The van der Waals surface area contributed by atoms with Crippen LogP contribution in [0.4, 0.5) is 0 Å². The Morgan fingerprint density at radius 2 is 1.75 bits per heavy atom. The lowest BCUT2D eigenvalue weighted by Crippen LogP contribution is -2.11. The molecule has 96 valence electrons. The van der Waals surface area contributed by atoms with E-state index in [9.17, 15) is 4.79 Å². The summed E-state index contributed by atoms with van der Waals surface area (Å²) in [6.45, 7) is 7.09. The number of carbonyl (C=O) groups excluding carboxylic acids is 1. The fourth-order valence-corrected chi connectivity index (χ4v) is 1.76. The Morgan fingerprint density at radius 3 is 2.38 bits per heavy atom. The predicted octanol–water partition coefficient (Wildman–Crippen LogP) is 4.33. The van der Waals surface area contributed by atoms with Crippen molar-refractivity contribution in [2.45, 2.75) is 72.1 Å². The Morgan fingerprint density at radius 1 is 1.06 bits per heavy atom. The molecule has 0 fully saturated rings. The molecule has 2 heteroatoms. The van der Waals surface area contributed by atoms with Crippen LogP contribution in [0.3, 0.4) is 0 Å². The van der Waals surface area contributed by atoms with Gasteiger partial charge in [-0.25, -0.2) is 0 Å². The molecule has 0 rings (SSSR count). The smallest absolute Gasteiger partial charge is 0.305 e. The standard InChI is InChI=1S/C14H28O2/c1-4-6-7-8-9-11-14(15)16-12-13(3)10-5-2/h13H,4-12H2,1-3H3. The molecule has 0 aliphatic heterocycles. The van der Waals surface area contributed by atoms with Crippen LogP contribution in [0.5, 0.6) is 0 Å². The Balaban J connectivity index is 3.30. The van der Waals surface area contributed by atoms with Crippen LogP contribution in [-0.4, -0.2) is 12.6 Å². The molecule has 2 nitrogen and oxygen atoms in total. The van der Waals surface area contributed by atoms with Crippen molar-refractivity contribution in [2.75, 3.05) is 6.61 Å². The van der Waals surface area contributed by atoms with E-state index in [0.717, 1.165) is 25.7 Å². The predicted molar refractivity (Wildman–Crippen MR) is 68.4 cm³/mol. The molecular weight excluding hydrogens is 200 g/mol. The molecule has 0 spiro atoms. The Labute approximate surface area is 101 Å². The van der Waals surface area contributed by atoms with Crippen LogP contribution in [0.1, 0.15) is 72.1 Å². The summed E-state index contributed by atoms with van der Waals surface area (Å²) in [7, 11) is 0. The maximum absolute atomic E-state index is 11.4. The highest BCUT2D eigenvalue weighted by Crippen LogP contribution is 2.08. The van der Waals surface area contributed by atoms with E-state index in [2.05, 4.69) is 20.8 Å². The first-order valence-corrected chi connectivity index (χ1v) is 6.86. The van der Waals surface area contributed by atoms with Gasteiger partial charge in [0.15, 0.2) is 0 Å². The third-order valence-corrected chi connectivity index (χ3v) is 2.79. The number of unbranched alkanes of at least 4 members (excludes halogenated alkanes) is 4. The van der Waals surface area contributed by atoms with Gasteiger partial charge in [0, 0.05) is 6.42 Å². The van der Waals surface area contributed by atoms with E-state index in [1.54, 1.807) is 0 Å². The first-order chi connectivity index (χ1) is 7.70. The highest BCUT2D eigenvalue weighted by Gasteiger charge is 2.06. The lowest BCUT2D eigenvalue weighted by molar-refractivity contribution is -0.145. The average molecular weight is 228 g/mol. The molecule has 0 amide bonds. The highest BCUT2D eigenvalue weighted by atomic mass is 16.5. The summed E-state index contributed by atoms with van der Waals surface area (Å²) < 4.78 is 5.22. The van der Waals surface area contributed by atoms with Gasteiger partial charge in [-0.15, -0.1) is 0 Å². The molecule has 0 bridgehead atoms. The second-order valence-corrected chi connectivity index (χ2v) is 4.74. The quantitative estimate of drug-likeness (QED) is 0.411. The first-order valence-electron chi connectivity index (χ1n) is 6.86. The van der Waals surface area contributed by atoms with Crippen LogP contribution in [0, 0.1) is 5.92 Å². The van der Waals surface area contributed by atoms with Gasteiger partial charge in [0.1, 0.15) is 0 Å². The van der Waals surface area contributed by atoms with E-state index in [1.165, 1.54) is 19.3 Å². The topological polar surface area (TPSA) is 26.3 Å². The second kappa shape index (κ2) is 11.0. The minimum atomic E-state index is -0.0144. The van der Waals surface area contributed by atoms with Gasteiger partial charge >= 0.3 is 5.97 Å². The lowest BCUT2D eigenvalue weighted by atomic mass is 10.1. The van der Waals surface area contributed by atoms with Gasteiger partial charge in [-0.2, -0.15) is 0 Å². The molecule has 0 aromatic carbocycles. The number of esters is 1. The van der Waals surface area contributed by atoms with Gasteiger partial charge in [-0.05, 0) is 18.8 Å². The van der Waals surface area contributed by atoms with Crippen LogP contribution in [0.25, 0.3) is 0 Å². The number of ether oxygens (including phenoxy) is 1. The molecule has 0 aliphatic carbocycles. The molecule has 0 radical (unpaired) electrons. The van der Waals surface area contributed by atoms with Crippen LogP contribution in [-0.2, 0) is 9.53 Å². The molecule has 0 heterocycles. The minimum Gasteiger partial charge on any atom is -0.465 e. The van der Waals surface area contributed by atoms with Crippen molar-refractivity contribution in [3.05, 3.63) is 0 Å². The van der Waals surface area contributed by atoms with E-state index >= 15 is 0 Å². The number of hydrogen-bond donors (Lipinski definition) is 0. The monoisotopic (exact) mass is 228 g/mol. The van der Waals surface area contributed by atoms with Gasteiger partial charge < -0.3 is 4.74 Å². The fraction of sp³-hybridized carbons (Fsp3) is 0.929. The van der Waals surface area contributed by atoms with Gasteiger partial charge in [0.05, 0.1) is 6.61 Å². The molecule has 0 saturated heterocycles. The molecule has 16 heavy (non-hydrogen) atoms. The van der Waals surface area contributed by atoms with Gasteiger partial charge in [0.25, 0.3) is 0 Å². The molecular formula is C14H28O2. The summed E-state index contributed by atoms with van der Waals surface area (Å²) in [5, 5.41) is 0. The molecule has 1 unspecified atom stereocenters. The van der Waals surface area contributed by atoms with Crippen molar-refractivity contribution >= 4 is 5.97 Å². The van der Waals surface area contributed by atoms with Gasteiger partial charge in [-0.1, -0.05) is 52.9 Å². The van der Waals surface area contributed by atoms with Gasteiger partial charge in [-0.3, -0.25) is 4.79 Å². The molecule has 0 saturated carbocycles. The van der Waals surface area contributed by atoms with Crippen LogP contribution >= 0.6 is 0 Å². The molecule has 0 aliphatic rings. The SMILES string of the molecule is CCCCCCCC(=O)OCC(C)CCC.